The van der Waals surface area contributed by atoms with E-state index >= 15 is 0 Å². The number of halogens is 2. The minimum Gasteiger partial charge on any atom is -0.323 e. The second kappa shape index (κ2) is 8.61. The predicted octanol–water partition coefficient (Wildman–Crippen LogP) is 5.74. The number of benzene rings is 1. The summed E-state index contributed by atoms with van der Waals surface area (Å²) in [6.45, 7) is 9.51. The smallest absolute Gasteiger partial charge is 0.238 e. The van der Waals surface area contributed by atoms with Gasteiger partial charge in [0.05, 0.1) is 12.2 Å². The molecule has 130 valence electrons. The van der Waals surface area contributed by atoms with Crippen LogP contribution < -0.4 is 5.32 Å². The van der Waals surface area contributed by atoms with Crippen molar-refractivity contribution < 1.29 is 4.79 Å². The number of nitrogens with zero attached hydrogens (tertiary/aromatic N) is 1. The number of nitrogens with one attached hydrogen (secondary N) is 1. The Hall–Kier alpha value is -0.690. The Balaban J connectivity index is 2.06. The summed E-state index contributed by atoms with van der Waals surface area (Å²) in [6, 6.07) is 8.55. The van der Waals surface area contributed by atoms with Crippen LogP contribution in [0.5, 0.6) is 0 Å². The van der Waals surface area contributed by atoms with Gasteiger partial charge < -0.3 is 5.32 Å². The van der Waals surface area contributed by atoms with Gasteiger partial charge in [0.2, 0.25) is 5.91 Å². The molecule has 0 aliphatic heterocycles. The molecule has 1 aromatic carbocycles. The summed E-state index contributed by atoms with van der Waals surface area (Å²) in [5, 5.41) is 3.01. The van der Waals surface area contributed by atoms with Crippen molar-refractivity contribution in [2.75, 3.05) is 11.9 Å². The zero-order valence-corrected chi connectivity index (χ0v) is 18.3. The normalized spacial score (nSPS) is 11.3. The Bertz CT molecular complexity index is 705. The van der Waals surface area contributed by atoms with Crippen LogP contribution in [-0.2, 0) is 11.3 Å². The largest absolute Gasteiger partial charge is 0.323 e. The molecule has 1 heterocycles. The number of hydrogen-bond donors (Lipinski definition) is 1. The van der Waals surface area contributed by atoms with Gasteiger partial charge in [-0.3, -0.25) is 9.69 Å². The number of carbonyl (C=O) groups excluding carboxylic acids is 1. The standard InChI is InChI=1S/C18H22Br2N2OS/c1-11(2)22(9-14-6-5-13(4)24-14)10-17(23)21-18-15(19)7-12(3)8-16(18)20/h5-8,11H,9-10H2,1-4H3,(H,21,23). The molecular formula is C18H22Br2N2OS. The van der Waals surface area contributed by atoms with E-state index < -0.39 is 0 Å². The zero-order chi connectivity index (χ0) is 17.9. The van der Waals surface area contributed by atoms with E-state index in [1.165, 1.54) is 9.75 Å². The van der Waals surface area contributed by atoms with Crippen molar-refractivity contribution in [2.24, 2.45) is 0 Å². The fraction of sp³-hybridized carbons (Fsp3) is 0.389. The molecule has 0 bridgehead atoms. The van der Waals surface area contributed by atoms with Gasteiger partial charge in [-0.2, -0.15) is 0 Å². The van der Waals surface area contributed by atoms with Crippen molar-refractivity contribution in [3.05, 3.63) is 48.5 Å². The van der Waals surface area contributed by atoms with E-state index in [4.69, 9.17) is 0 Å². The van der Waals surface area contributed by atoms with Crippen LogP contribution in [0.1, 0.15) is 29.2 Å². The molecule has 2 rings (SSSR count). The first-order chi connectivity index (χ1) is 11.3. The molecule has 1 amide bonds. The molecule has 0 radical (unpaired) electrons. The fourth-order valence-corrected chi connectivity index (χ4v) is 4.90. The Kier molecular flexibility index (Phi) is 7.04. The van der Waals surface area contributed by atoms with Crippen LogP contribution in [0.15, 0.2) is 33.2 Å². The molecule has 3 nitrogen and oxygen atoms in total. The zero-order valence-electron chi connectivity index (χ0n) is 14.3. The summed E-state index contributed by atoms with van der Waals surface area (Å²) in [7, 11) is 0. The highest BCUT2D eigenvalue weighted by Crippen LogP contribution is 2.32. The first-order valence-corrected chi connectivity index (χ1v) is 10.2. The van der Waals surface area contributed by atoms with Crippen LogP contribution in [0.3, 0.4) is 0 Å². The maximum Gasteiger partial charge on any atom is 0.238 e. The molecule has 0 unspecified atom stereocenters. The fourth-order valence-electron chi connectivity index (χ4n) is 2.37. The summed E-state index contributed by atoms with van der Waals surface area (Å²) in [5.41, 5.74) is 1.91. The van der Waals surface area contributed by atoms with E-state index in [2.05, 4.69) is 75.0 Å². The lowest BCUT2D eigenvalue weighted by molar-refractivity contribution is -0.117. The summed E-state index contributed by atoms with van der Waals surface area (Å²) >= 11 is 8.83. The Morgan fingerprint density at radius 3 is 2.33 bits per heavy atom. The van der Waals surface area contributed by atoms with Gasteiger partial charge in [0.1, 0.15) is 0 Å². The quantitative estimate of drug-likeness (QED) is 0.580. The maximum atomic E-state index is 12.5. The lowest BCUT2D eigenvalue weighted by Crippen LogP contribution is -2.37. The molecule has 0 saturated carbocycles. The lowest BCUT2D eigenvalue weighted by Gasteiger charge is -2.25. The van der Waals surface area contributed by atoms with Gasteiger partial charge in [0, 0.05) is 31.3 Å². The van der Waals surface area contributed by atoms with E-state index in [0.717, 1.165) is 26.7 Å². The van der Waals surface area contributed by atoms with Crippen LogP contribution in [0.2, 0.25) is 0 Å². The molecule has 0 spiro atoms. The number of amides is 1. The Morgan fingerprint density at radius 2 is 1.83 bits per heavy atom. The average Bonchev–Trinajstić information content (AvgIpc) is 2.87. The van der Waals surface area contributed by atoms with Gasteiger partial charge in [-0.1, -0.05) is 0 Å². The summed E-state index contributed by atoms with van der Waals surface area (Å²) in [5.74, 6) is -0.0118. The summed E-state index contributed by atoms with van der Waals surface area (Å²) in [6.07, 6.45) is 0. The maximum absolute atomic E-state index is 12.5. The highest BCUT2D eigenvalue weighted by Gasteiger charge is 2.17. The first kappa shape index (κ1) is 19.6. The van der Waals surface area contributed by atoms with Crippen molar-refractivity contribution in [1.82, 2.24) is 4.90 Å². The molecule has 0 aliphatic rings. The van der Waals surface area contributed by atoms with Gasteiger partial charge in [-0.25, -0.2) is 0 Å². The van der Waals surface area contributed by atoms with Crippen molar-refractivity contribution >= 4 is 54.8 Å². The van der Waals surface area contributed by atoms with Gasteiger partial charge in [-0.05, 0) is 89.4 Å². The summed E-state index contributed by atoms with van der Waals surface area (Å²) < 4.78 is 1.76. The molecule has 0 atom stereocenters. The van der Waals surface area contributed by atoms with Gasteiger partial charge >= 0.3 is 0 Å². The minimum absolute atomic E-state index is 0.0118. The molecule has 24 heavy (non-hydrogen) atoms. The highest BCUT2D eigenvalue weighted by atomic mass is 79.9. The van der Waals surface area contributed by atoms with E-state index in [1.54, 1.807) is 11.3 Å². The summed E-state index contributed by atoms with van der Waals surface area (Å²) in [4.78, 5) is 17.3. The SMILES string of the molecule is Cc1cc(Br)c(NC(=O)CN(Cc2ccc(C)s2)C(C)C)c(Br)c1. The molecule has 1 N–H and O–H groups in total. The second-order valence-corrected chi connectivity index (χ2v) is 9.24. The third-order valence-electron chi connectivity index (χ3n) is 3.68. The molecule has 6 heteroatoms. The van der Waals surface area contributed by atoms with E-state index in [-0.39, 0.29) is 5.91 Å². The molecule has 2 aromatic rings. The number of hydrogen-bond acceptors (Lipinski definition) is 3. The van der Waals surface area contributed by atoms with Gasteiger partial charge in [0.15, 0.2) is 0 Å². The van der Waals surface area contributed by atoms with Crippen LogP contribution in [-0.4, -0.2) is 23.4 Å². The Morgan fingerprint density at radius 1 is 1.21 bits per heavy atom. The van der Waals surface area contributed by atoms with Crippen molar-refractivity contribution in [2.45, 2.75) is 40.3 Å². The predicted molar refractivity (Wildman–Crippen MR) is 110 cm³/mol. The van der Waals surface area contributed by atoms with Crippen molar-refractivity contribution in [3.63, 3.8) is 0 Å². The first-order valence-electron chi connectivity index (χ1n) is 7.81. The van der Waals surface area contributed by atoms with E-state index in [0.29, 0.717) is 12.6 Å². The van der Waals surface area contributed by atoms with E-state index in [9.17, 15) is 4.79 Å². The number of carbonyl (C=O) groups is 1. The topological polar surface area (TPSA) is 32.3 Å². The van der Waals surface area contributed by atoms with Crippen LogP contribution in [0.4, 0.5) is 5.69 Å². The number of anilines is 1. The van der Waals surface area contributed by atoms with Crippen LogP contribution in [0.25, 0.3) is 0 Å². The molecule has 1 aromatic heterocycles. The number of thiophene rings is 1. The van der Waals surface area contributed by atoms with Crippen LogP contribution in [0, 0.1) is 13.8 Å². The minimum atomic E-state index is -0.0118. The average molecular weight is 474 g/mol. The third-order valence-corrected chi connectivity index (χ3v) is 5.92. The van der Waals surface area contributed by atoms with E-state index in [1.807, 2.05) is 19.1 Å². The number of aryl methyl sites for hydroxylation is 2. The molecule has 0 aliphatic carbocycles. The lowest BCUT2D eigenvalue weighted by atomic mass is 10.2. The highest BCUT2D eigenvalue weighted by molar-refractivity contribution is 9.11. The van der Waals surface area contributed by atoms with Crippen molar-refractivity contribution in [1.29, 1.82) is 0 Å². The Labute approximate surface area is 164 Å². The van der Waals surface area contributed by atoms with Gasteiger partial charge in [-0.15, -0.1) is 11.3 Å². The van der Waals surface area contributed by atoms with Crippen molar-refractivity contribution in [3.8, 4) is 0 Å². The monoisotopic (exact) mass is 472 g/mol. The van der Waals surface area contributed by atoms with Crippen LogP contribution >= 0.6 is 43.2 Å². The number of rotatable bonds is 6. The third kappa shape index (κ3) is 5.41. The molecule has 0 fully saturated rings. The van der Waals surface area contributed by atoms with Gasteiger partial charge in [0.25, 0.3) is 0 Å². The molecular weight excluding hydrogens is 452 g/mol. The second-order valence-electron chi connectivity index (χ2n) is 6.16. The molecule has 0 saturated heterocycles.